The van der Waals surface area contributed by atoms with E-state index in [9.17, 15) is 4.79 Å². The summed E-state index contributed by atoms with van der Waals surface area (Å²) < 4.78 is 1.74. The van der Waals surface area contributed by atoms with Crippen molar-refractivity contribution >= 4 is 17.6 Å². The van der Waals surface area contributed by atoms with Crippen molar-refractivity contribution in [1.82, 2.24) is 15.1 Å². The van der Waals surface area contributed by atoms with Crippen LogP contribution in [0.4, 0.5) is 0 Å². The quantitative estimate of drug-likeness (QED) is 0.743. The second-order valence-electron chi connectivity index (χ2n) is 3.64. The van der Waals surface area contributed by atoms with E-state index in [1.165, 1.54) is 0 Å². The third-order valence-electron chi connectivity index (χ3n) is 2.30. The minimum atomic E-state index is -0.767. The van der Waals surface area contributed by atoms with Crippen molar-refractivity contribution in [2.24, 2.45) is 7.05 Å². The first-order valence-corrected chi connectivity index (χ1v) is 5.50. The van der Waals surface area contributed by atoms with E-state index in [0.29, 0.717) is 24.5 Å². The summed E-state index contributed by atoms with van der Waals surface area (Å²) >= 11 is 6.06. The van der Waals surface area contributed by atoms with Crippen LogP contribution >= 0.6 is 11.6 Å². The molecule has 0 aliphatic carbocycles. The molecule has 0 amide bonds. The van der Waals surface area contributed by atoms with Gasteiger partial charge in [0.25, 0.3) is 0 Å². The van der Waals surface area contributed by atoms with Gasteiger partial charge in [0.2, 0.25) is 0 Å². The Morgan fingerprint density at radius 1 is 1.62 bits per heavy atom. The van der Waals surface area contributed by atoms with Crippen LogP contribution in [0.15, 0.2) is 0 Å². The van der Waals surface area contributed by atoms with Crippen molar-refractivity contribution in [3.05, 3.63) is 16.4 Å². The van der Waals surface area contributed by atoms with E-state index in [2.05, 4.69) is 10.4 Å². The van der Waals surface area contributed by atoms with Crippen LogP contribution in [-0.4, -0.2) is 27.4 Å². The maximum Gasteiger partial charge on any atom is 0.303 e. The topological polar surface area (TPSA) is 67.2 Å². The monoisotopic (exact) mass is 245 g/mol. The highest BCUT2D eigenvalue weighted by molar-refractivity contribution is 6.31. The molecule has 5 nitrogen and oxygen atoms in total. The fourth-order valence-corrected chi connectivity index (χ4v) is 1.67. The van der Waals surface area contributed by atoms with Crippen molar-refractivity contribution in [1.29, 1.82) is 0 Å². The molecule has 0 aromatic carbocycles. The van der Waals surface area contributed by atoms with Crippen LogP contribution in [-0.2, 0) is 18.4 Å². The third-order valence-corrected chi connectivity index (χ3v) is 2.79. The zero-order valence-electron chi connectivity index (χ0n) is 9.46. The number of aliphatic carboxylic acids is 1. The molecule has 0 spiro atoms. The molecule has 6 heteroatoms. The normalized spacial score (nSPS) is 10.7. The molecular weight excluding hydrogens is 230 g/mol. The van der Waals surface area contributed by atoms with Gasteiger partial charge in [-0.15, -0.1) is 0 Å². The van der Waals surface area contributed by atoms with E-state index >= 15 is 0 Å². The number of aromatic nitrogens is 2. The number of hydrogen-bond acceptors (Lipinski definition) is 3. The molecule has 0 bridgehead atoms. The molecule has 1 heterocycles. The Labute approximate surface area is 99.4 Å². The lowest BCUT2D eigenvalue weighted by Crippen LogP contribution is -2.18. The summed E-state index contributed by atoms with van der Waals surface area (Å²) in [7, 11) is 1.84. The van der Waals surface area contributed by atoms with Crippen molar-refractivity contribution in [3.8, 4) is 0 Å². The summed E-state index contributed by atoms with van der Waals surface area (Å²) in [5, 5.41) is 16.5. The van der Waals surface area contributed by atoms with Crippen molar-refractivity contribution in [2.45, 2.75) is 26.3 Å². The molecule has 0 unspecified atom stereocenters. The van der Waals surface area contributed by atoms with E-state index in [1.54, 1.807) is 4.68 Å². The van der Waals surface area contributed by atoms with E-state index in [1.807, 2.05) is 14.0 Å². The molecule has 0 radical (unpaired) electrons. The Morgan fingerprint density at radius 2 is 2.31 bits per heavy atom. The third kappa shape index (κ3) is 3.50. The first kappa shape index (κ1) is 13.0. The van der Waals surface area contributed by atoms with Gasteiger partial charge in [0.15, 0.2) is 0 Å². The number of aryl methyl sites for hydroxylation is 2. The van der Waals surface area contributed by atoms with Gasteiger partial charge in [-0.25, -0.2) is 0 Å². The second-order valence-corrected chi connectivity index (χ2v) is 4.02. The molecule has 1 aromatic heterocycles. The highest BCUT2D eigenvalue weighted by Crippen LogP contribution is 2.18. The van der Waals surface area contributed by atoms with Crippen LogP contribution in [0.5, 0.6) is 0 Å². The first-order chi connectivity index (χ1) is 7.52. The SMILES string of the molecule is Cc1nn(C)c(CNCCCC(=O)O)c1Cl. The van der Waals surface area contributed by atoms with Crippen LogP contribution in [0.3, 0.4) is 0 Å². The van der Waals surface area contributed by atoms with Gasteiger partial charge < -0.3 is 10.4 Å². The molecule has 1 aromatic rings. The van der Waals surface area contributed by atoms with Crippen molar-refractivity contribution in [2.75, 3.05) is 6.54 Å². The smallest absolute Gasteiger partial charge is 0.303 e. The van der Waals surface area contributed by atoms with Gasteiger partial charge >= 0.3 is 5.97 Å². The molecule has 0 aliphatic heterocycles. The van der Waals surface area contributed by atoms with Crippen LogP contribution < -0.4 is 5.32 Å². The highest BCUT2D eigenvalue weighted by atomic mass is 35.5. The number of carbonyl (C=O) groups is 1. The minimum Gasteiger partial charge on any atom is -0.481 e. The lowest BCUT2D eigenvalue weighted by atomic mass is 10.3. The Kier molecular flexibility index (Phi) is 4.76. The molecule has 0 fully saturated rings. The van der Waals surface area contributed by atoms with Gasteiger partial charge in [-0.2, -0.15) is 5.10 Å². The second kappa shape index (κ2) is 5.86. The van der Waals surface area contributed by atoms with E-state index in [0.717, 1.165) is 11.4 Å². The Morgan fingerprint density at radius 3 is 2.81 bits per heavy atom. The highest BCUT2D eigenvalue weighted by Gasteiger charge is 2.09. The molecule has 0 atom stereocenters. The molecule has 0 aliphatic rings. The number of nitrogens with one attached hydrogen (secondary N) is 1. The molecule has 0 saturated carbocycles. The van der Waals surface area contributed by atoms with Gasteiger partial charge in [-0.05, 0) is 19.9 Å². The molecule has 1 rings (SSSR count). The zero-order valence-corrected chi connectivity index (χ0v) is 10.2. The Balaban J connectivity index is 2.34. The van der Waals surface area contributed by atoms with Gasteiger partial charge in [0, 0.05) is 20.0 Å². The van der Waals surface area contributed by atoms with Gasteiger partial charge in [-0.1, -0.05) is 11.6 Å². The number of hydrogen-bond donors (Lipinski definition) is 2. The van der Waals surface area contributed by atoms with Crippen LogP contribution in [0, 0.1) is 6.92 Å². The molecule has 16 heavy (non-hydrogen) atoms. The number of halogens is 1. The first-order valence-electron chi connectivity index (χ1n) is 5.13. The summed E-state index contributed by atoms with van der Waals surface area (Å²) in [5.41, 5.74) is 1.74. The van der Waals surface area contributed by atoms with Gasteiger partial charge in [0.1, 0.15) is 0 Å². The van der Waals surface area contributed by atoms with Crippen LogP contribution in [0.1, 0.15) is 24.2 Å². The number of nitrogens with zero attached hydrogens (tertiary/aromatic N) is 2. The fourth-order valence-electron chi connectivity index (χ4n) is 1.44. The number of carboxylic acids is 1. The van der Waals surface area contributed by atoms with Crippen LogP contribution in [0.25, 0.3) is 0 Å². The maximum atomic E-state index is 10.3. The van der Waals surface area contributed by atoms with Gasteiger partial charge in [-0.3, -0.25) is 9.48 Å². The molecule has 2 N–H and O–H groups in total. The number of rotatable bonds is 6. The summed E-state index contributed by atoms with van der Waals surface area (Å²) in [6.07, 6.45) is 0.801. The van der Waals surface area contributed by atoms with E-state index < -0.39 is 5.97 Å². The van der Waals surface area contributed by atoms with Crippen LogP contribution in [0.2, 0.25) is 5.02 Å². The lowest BCUT2D eigenvalue weighted by Gasteiger charge is -2.04. The van der Waals surface area contributed by atoms with Crippen molar-refractivity contribution < 1.29 is 9.90 Å². The Bertz CT molecular complexity index is 376. The lowest BCUT2D eigenvalue weighted by molar-refractivity contribution is -0.137. The standard InChI is InChI=1S/C10H16ClN3O2/c1-7-10(11)8(14(2)13-7)6-12-5-3-4-9(15)16/h12H,3-6H2,1-2H3,(H,15,16). The Hall–Kier alpha value is -1.07. The molecule has 90 valence electrons. The summed E-state index contributed by atoms with van der Waals surface area (Å²) in [4.78, 5) is 10.3. The minimum absolute atomic E-state index is 0.186. The van der Waals surface area contributed by atoms with E-state index in [4.69, 9.17) is 16.7 Å². The predicted molar refractivity (Wildman–Crippen MR) is 61.5 cm³/mol. The zero-order chi connectivity index (χ0) is 12.1. The fraction of sp³-hybridized carbons (Fsp3) is 0.600. The maximum absolute atomic E-state index is 10.3. The summed E-state index contributed by atoms with van der Waals surface area (Å²) in [5.74, 6) is -0.767. The van der Waals surface area contributed by atoms with Crippen molar-refractivity contribution in [3.63, 3.8) is 0 Å². The molecular formula is C10H16ClN3O2. The average molecular weight is 246 g/mol. The average Bonchev–Trinajstić information content (AvgIpc) is 2.43. The predicted octanol–water partition coefficient (Wildman–Crippen LogP) is 1.34. The largest absolute Gasteiger partial charge is 0.481 e. The summed E-state index contributed by atoms with van der Waals surface area (Å²) in [6.45, 7) is 3.12. The van der Waals surface area contributed by atoms with E-state index in [-0.39, 0.29) is 6.42 Å². The number of carboxylic acid groups (broad SMARTS) is 1. The van der Waals surface area contributed by atoms with Gasteiger partial charge in [0.05, 0.1) is 16.4 Å². The summed E-state index contributed by atoms with van der Waals surface area (Å²) in [6, 6.07) is 0. The molecule has 0 saturated heterocycles.